The molecule has 0 fully saturated rings. The van der Waals surface area contributed by atoms with Crippen molar-refractivity contribution in [2.45, 2.75) is 25.4 Å². The Hall–Kier alpha value is -1.19. The first-order valence-corrected chi connectivity index (χ1v) is 7.11. The number of benzene rings is 2. The first-order chi connectivity index (χ1) is 9.16. The molecule has 2 aromatic rings. The first kappa shape index (κ1) is 14.2. The van der Waals surface area contributed by atoms with Crippen LogP contribution in [0.5, 0.6) is 0 Å². The van der Waals surface area contributed by atoms with Gasteiger partial charge in [-0.25, -0.2) is 4.39 Å². The van der Waals surface area contributed by atoms with Gasteiger partial charge >= 0.3 is 0 Å². The van der Waals surface area contributed by atoms with E-state index in [0.717, 1.165) is 12.0 Å². The highest BCUT2D eigenvalue weighted by atomic mass is 79.9. The molecule has 19 heavy (non-hydrogen) atoms. The predicted octanol–water partition coefficient (Wildman–Crippen LogP) is 4.12. The Morgan fingerprint density at radius 2 is 1.79 bits per heavy atom. The fraction of sp³-hybridized carbons (Fsp3) is 0.250. The lowest BCUT2D eigenvalue weighted by molar-refractivity contribution is 0.165. The zero-order valence-corrected chi connectivity index (χ0v) is 12.1. The Morgan fingerprint density at radius 1 is 1.05 bits per heavy atom. The second-order valence-corrected chi connectivity index (χ2v) is 5.39. The van der Waals surface area contributed by atoms with Gasteiger partial charge in [0, 0.05) is 0 Å². The highest BCUT2D eigenvalue weighted by Gasteiger charge is 2.10. The van der Waals surface area contributed by atoms with E-state index in [9.17, 15) is 9.50 Å². The van der Waals surface area contributed by atoms with E-state index in [1.165, 1.54) is 11.6 Å². The zero-order chi connectivity index (χ0) is 13.7. The van der Waals surface area contributed by atoms with E-state index in [4.69, 9.17) is 0 Å². The molecule has 0 aliphatic heterocycles. The van der Waals surface area contributed by atoms with Crippen molar-refractivity contribution in [2.24, 2.45) is 0 Å². The number of halogens is 2. The third-order valence-electron chi connectivity index (χ3n) is 3.10. The van der Waals surface area contributed by atoms with Crippen LogP contribution in [-0.2, 0) is 12.8 Å². The summed E-state index contributed by atoms with van der Waals surface area (Å²) in [6.07, 6.45) is 1.51. The van der Waals surface area contributed by atoms with Gasteiger partial charge in [-0.05, 0) is 52.4 Å². The van der Waals surface area contributed by atoms with E-state index >= 15 is 0 Å². The lowest BCUT2D eigenvalue weighted by atomic mass is 10.0. The summed E-state index contributed by atoms with van der Waals surface area (Å²) >= 11 is 3.22. The largest absolute Gasteiger partial charge is 0.393 e. The standard InChI is InChI=1S/C16H16BrFO/c17-16-13(7-4-8-15(16)18)11-14(19)10-9-12-5-2-1-3-6-12/h1-8,14,19H,9-11H2. The molecule has 1 atom stereocenters. The molecule has 0 radical (unpaired) electrons. The highest BCUT2D eigenvalue weighted by molar-refractivity contribution is 9.10. The third-order valence-corrected chi connectivity index (χ3v) is 3.98. The third kappa shape index (κ3) is 4.15. The molecular formula is C16H16BrFO. The first-order valence-electron chi connectivity index (χ1n) is 6.31. The molecule has 0 heterocycles. The van der Waals surface area contributed by atoms with Crippen LogP contribution in [0.1, 0.15) is 17.5 Å². The molecule has 0 spiro atoms. The lowest BCUT2D eigenvalue weighted by Gasteiger charge is -2.12. The van der Waals surface area contributed by atoms with Gasteiger partial charge in [-0.3, -0.25) is 0 Å². The average Bonchev–Trinajstić information content (AvgIpc) is 2.43. The van der Waals surface area contributed by atoms with Gasteiger partial charge in [-0.1, -0.05) is 42.5 Å². The number of hydrogen-bond acceptors (Lipinski definition) is 1. The summed E-state index contributed by atoms with van der Waals surface area (Å²) in [5.74, 6) is -0.284. The molecule has 3 heteroatoms. The van der Waals surface area contributed by atoms with Gasteiger partial charge in [0.1, 0.15) is 5.82 Å². The Balaban J connectivity index is 1.91. The van der Waals surface area contributed by atoms with E-state index in [0.29, 0.717) is 17.3 Å². The monoisotopic (exact) mass is 322 g/mol. The molecule has 1 unspecified atom stereocenters. The van der Waals surface area contributed by atoms with Crippen molar-refractivity contribution in [2.75, 3.05) is 0 Å². The van der Waals surface area contributed by atoms with E-state index in [2.05, 4.69) is 15.9 Å². The molecule has 2 rings (SSSR count). The molecule has 0 aromatic heterocycles. The molecule has 0 amide bonds. The van der Waals surface area contributed by atoms with Crippen molar-refractivity contribution in [1.29, 1.82) is 0 Å². The maximum atomic E-state index is 13.4. The van der Waals surface area contributed by atoms with Gasteiger partial charge in [-0.15, -0.1) is 0 Å². The van der Waals surface area contributed by atoms with Crippen LogP contribution in [0, 0.1) is 5.82 Å². The molecule has 1 N–H and O–H groups in total. The summed E-state index contributed by atoms with van der Waals surface area (Å²) in [7, 11) is 0. The second-order valence-electron chi connectivity index (χ2n) is 4.60. The van der Waals surface area contributed by atoms with Crippen LogP contribution in [0.4, 0.5) is 4.39 Å². The summed E-state index contributed by atoms with van der Waals surface area (Å²) in [5, 5.41) is 10.0. The van der Waals surface area contributed by atoms with Crippen molar-refractivity contribution in [1.82, 2.24) is 0 Å². The minimum absolute atomic E-state index is 0.284. The van der Waals surface area contributed by atoms with E-state index in [-0.39, 0.29) is 5.82 Å². The number of hydrogen-bond donors (Lipinski definition) is 1. The summed E-state index contributed by atoms with van der Waals surface area (Å²) in [6.45, 7) is 0. The minimum atomic E-state index is -0.460. The van der Waals surface area contributed by atoms with Crippen LogP contribution < -0.4 is 0 Å². The fourth-order valence-electron chi connectivity index (χ4n) is 2.04. The fourth-order valence-corrected chi connectivity index (χ4v) is 2.47. The van der Waals surface area contributed by atoms with Gasteiger partial charge in [-0.2, -0.15) is 0 Å². The van der Waals surface area contributed by atoms with Crippen molar-refractivity contribution in [3.05, 3.63) is 69.9 Å². The molecule has 0 saturated carbocycles. The van der Waals surface area contributed by atoms with Crippen molar-refractivity contribution >= 4 is 15.9 Å². The van der Waals surface area contributed by atoms with Crippen LogP contribution in [-0.4, -0.2) is 11.2 Å². The number of aliphatic hydroxyl groups is 1. The maximum absolute atomic E-state index is 13.4. The SMILES string of the molecule is OC(CCc1ccccc1)Cc1cccc(F)c1Br. The smallest absolute Gasteiger partial charge is 0.137 e. The predicted molar refractivity (Wildman–Crippen MR) is 78.6 cm³/mol. The zero-order valence-electron chi connectivity index (χ0n) is 10.5. The molecule has 100 valence electrons. The van der Waals surface area contributed by atoms with Gasteiger partial charge in [0.15, 0.2) is 0 Å². The second kappa shape index (κ2) is 6.83. The maximum Gasteiger partial charge on any atom is 0.137 e. The highest BCUT2D eigenvalue weighted by Crippen LogP contribution is 2.22. The topological polar surface area (TPSA) is 20.2 Å². The summed E-state index contributed by atoms with van der Waals surface area (Å²) in [6, 6.07) is 15.0. The number of rotatable bonds is 5. The van der Waals surface area contributed by atoms with E-state index in [1.807, 2.05) is 36.4 Å². The average molecular weight is 323 g/mol. The van der Waals surface area contributed by atoms with Crippen LogP contribution in [0.15, 0.2) is 53.0 Å². The molecular weight excluding hydrogens is 307 g/mol. The quantitative estimate of drug-likeness (QED) is 0.877. The normalized spacial score (nSPS) is 12.4. The number of aliphatic hydroxyl groups excluding tert-OH is 1. The Morgan fingerprint density at radius 3 is 2.53 bits per heavy atom. The minimum Gasteiger partial charge on any atom is -0.393 e. The lowest BCUT2D eigenvalue weighted by Crippen LogP contribution is -2.12. The van der Waals surface area contributed by atoms with Gasteiger partial charge in [0.05, 0.1) is 10.6 Å². The van der Waals surface area contributed by atoms with Crippen LogP contribution >= 0.6 is 15.9 Å². The summed E-state index contributed by atoms with van der Waals surface area (Å²) < 4.78 is 13.8. The Labute approximate surface area is 121 Å². The molecule has 0 aliphatic rings. The van der Waals surface area contributed by atoms with Crippen LogP contribution in [0.3, 0.4) is 0 Å². The van der Waals surface area contributed by atoms with Gasteiger partial charge in [0.2, 0.25) is 0 Å². The Bertz CT molecular complexity index is 528. The van der Waals surface area contributed by atoms with Crippen LogP contribution in [0.25, 0.3) is 0 Å². The van der Waals surface area contributed by atoms with Crippen molar-refractivity contribution in [3.63, 3.8) is 0 Å². The van der Waals surface area contributed by atoms with E-state index in [1.54, 1.807) is 6.07 Å². The van der Waals surface area contributed by atoms with E-state index < -0.39 is 6.10 Å². The van der Waals surface area contributed by atoms with Crippen molar-refractivity contribution < 1.29 is 9.50 Å². The van der Waals surface area contributed by atoms with Gasteiger partial charge in [0.25, 0.3) is 0 Å². The summed E-state index contributed by atoms with van der Waals surface area (Å²) in [4.78, 5) is 0. The number of aryl methyl sites for hydroxylation is 1. The molecule has 0 bridgehead atoms. The van der Waals surface area contributed by atoms with Gasteiger partial charge < -0.3 is 5.11 Å². The molecule has 2 aromatic carbocycles. The van der Waals surface area contributed by atoms with Crippen LogP contribution in [0.2, 0.25) is 0 Å². The molecule has 0 aliphatic carbocycles. The molecule has 0 saturated heterocycles. The Kier molecular flexibility index (Phi) is 5.11. The molecule has 1 nitrogen and oxygen atoms in total. The summed E-state index contributed by atoms with van der Waals surface area (Å²) in [5.41, 5.74) is 2.01. The van der Waals surface area contributed by atoms with Crippen molar-refractivity contribution in [3.8, 4) is 0 Å².